The van der Waals surface area contributed by atoms with Crippen LogP contribution in [0.4, 0.5) is 0 Å². The molecule has 0 aromatic heterocycles. The Morgan fingerprint density at radius 1 is 1.44 bits per heavy atom. The highest BCUT2D eigenvalue weighted by atomic mass is 16.5. The summed E-state index contributed by atoms with van der Waals surface area (Å²) in [5, 5.41) is 0. The summed E-state index contributed by atoms with van der Waals surface area (Å²) >= 11 is 0. The Kier molecular flexibility index (Phi) is 5.29. The van der Waals surface area contributed by atoms with Crippen molar-refractivity contribution in [1.82, 2.24) is 0 Å². The predicted molar refractivity (Wildman–Crippen MR) is 64.7 cm³/mol. The molecular weight excluding hydrogens is 202 g/mol. The van der Waals surface area contributed by atoms with Crippen molar-refractivity contribution in [3.05, 3.63) is 42.0 Å². The molecule has 3 heteroatoms. The third kappa shape index (κ3) is 4.75. The van der Waals surface area contributed by atoms with Gasteiger partial charge in [0.1, 0.15) is 0 Å². The highest BCUT2D eigenvalue weighted by Gasteiger charge is 2.07. The minimum Gasteiger partial charge on any atom is -0.469 e. The van der Waals surface area contributed by atoms with Crippen LogP contribution in [0.2, 0.25) is 0 Å². The highest BCUT2D eigenvalue weighted by Crippen LogP contribution is 2.04. The van der Waals surface area contributed by atoms with E-state index in [4.69, 9.17) is 5.73 Å². The second-order valence-corrected chi connectivity index (χ2v) is 3.59. The summed E-state index contributed by atoms with van der Waals surface area (Å²) in [6, 6.07) is 9.79. The molecule has 1 atom stereocenters. The summed E-state index contributed by atoms with van der Waals surface area (Å²) in [4.78, 5) is 10.9. The Morgan fingerprint density at radius 2 is 2.12 bits per heavy atom. The quantitative estimate of drug-likeness (QED) is 0.770. The van der Waals surface area contributed by atoms with Gasteiger partial charge in [0.15, 0.2) is 0 Å². The second kappa shape index (κ2) is 6.80. The summed E-state index contributed by atoms with van der Waals surface area (Å²) in [5.41, 5.74) is 6.89. The van der Waals surface area contributed by atoms with Gasteiger partial charge in [0.25, 0.3) is 0 Å². The van der Waals surface area contributed by atoms with Gasteiger partial charge in [0, 0.05) is 6.04 Å². The van der Waals surface area contributed by atoms with E-state index < -0.39 is 0 Å². The van der Waals surface area contributed by atoms with Crippen molar-refractivity contribution >= 4 is 12.0 Å². The van der Waals surface area contributed by atoms with Crippen molar-refractivity contribution in [3.63, 3.8) is 0 Å². The number of ether oxygens (including phenoxy) is 1. The van der Waals surface area contributed by atoms with Crippen LogP contribution in [-0.2, 0) is 9.53 Å². The van der Waals surface area contributed by atoms with E-state index in [0.717, 1.165) is 5.56 Å². The molecule has 0 aliphatic rings. The van der Waals surface area contributed by atoms with E-state index in [0.29, 0.717) is 6.42 Å². The largest absolute Gasteiger partial charge is 0.469 e. The topological polar surface area (TPSA) is 52.3 Å². The van der Waals surface area contributed by atoms with E-state index >= 15 is 0 Å². The van der Waals surface area contributed by atoms with Crippen LogP contribution in [0, 0.1) is 0 Å². The third-order valence-corrected chi connectivity index (χ3v) is 2.21. The van der Waals surface area contributed by atoms with Gasteiger partial charge in [-0.1, -0.05) is 42.5 Å². The molecule has 0 aliphatic carbocycles. The molecule has 0 saturated carbocycles. The zero-order valence-corrected chi connectivity index (χ0v) is 9.43. The van der Waals surface area contributed by atoms with Crippen molar-refractivity contribution < 1.29 is 9.53 Å². The SMILES string of the molecule is COC(=O)C[C@H](N)C/C=C/c1ccccc1. The van der Waals surface area contributed by atoms with Crippen LogP contribution in [0.25, 0.3) is 6.08 Å². The highest BCUT2D eigenvalue weighted by molar-refractivity contribution is 5.69. The molecule has 0 bridgehead atoms. The molecule has 3 nitrogen and oxygen atoms in total. The van der Waals surface area contributed by atoms with Gasteiger partial charge in [0.2, 0.25) is 0 Å². The molecular formula is C13H17NO2. The maximum Gasteiger partial charge on any atom is 0.307 e. The number of esters is 1. The van der Waals surface area contributed by atoms with Crippen LogP contribution < -0.4 is 5.73 Å². The summed E-state index contributed by atoms with van der Waals surface area (Å²) in [6.07, 6.45) is 4.90. The van der Waals surface area contributed by atoms with Crippen LogP contribution in [0.5, 0.6) is 0 Å². The first-order valence-electron chi connectivity index (χ1n) is 5.26. The standard InChI is InChI=1S/C13H17NO2/c1-16-13(15)10-12(14)9-5-8-11-6-3-2-4-7-11/h2-8,12H,9-10,14H2,1H3/b8-5+/t12-/m1/s1. The predicted octanol–water partition coefficient (Wildman–Crippen LogP) is 1.98. The fourth-order valence-corrected chi connectivity index (χ4v) is 1.32. The lowest BCUT2D eigenvalue weighted by atomic mass is 10.1. The molecule has 1 aromatic rings. The molecule has 16 heavy (non-hydrogen) atoms. The molecule has 0 radical (unpaired) electrons. The first-order valence-corrected chi connectivity index (χ1v) is 5.26. The molecule has 2 N–H and O–H groups in total. The molecule has 86 valence electrons. The van der Waals surface area contributed by atoms with Gasteiger partial charge in [-0.05, 0) is 12.0 Å². The molecule has 0 unspecified atom stereocenters. The molecule has 1 rings (SSSR count). The van der Waals surface area contributed by atoms with Gasteiger partial charge in [-0.15, -0.1) is 0 Å². The van der Waals surface area contributed by atoms with Gasteiger partial charge in [-0.25, -0.2) is 0 Å². The summed E-state index contributed by atoms with van der Waals surface area (Å²) in [5.74, 6) is -0.263. The van der Waals surface area contributed by atoms with E-state index in [-0.39, 0.29) is 18.4 Å². The number of carbonyl (C=O) groups is 1. The van der Waals surface area contributed by atoms with Crippen molar-refractivity contribution in [2.45, 2.75) is 18.9 Å². The Morgan fingerprint density at radius 3 is 2.75 bits per heavy atom. The minimum atomic E-state index is -0.263. The van der Waals surface area contributed by atoms with E-state index in [2.05, 4.69) is 4.74 Å². The maximum absolute atomic E-state index is 10.9. The van der Waals surface area contributed by atoms with E-state index in [1.807, 2.05) is 42.5 Å². The summed E-state index contributed by atoms with van der Waals surface area (Å²) in [6.45, 7) is 0. The van der Waals surface area contributed by atoms with Gasteiger partial charge in [-0.2, -0.15) is 0 Å². The van der Waals surface area contributed by atoms with Crippen LogP contribution in [0.15, 0.2) is 36.4 Å². The van der Waals surface area contributed by atoms with Gasteiger partial charge >= 0.3 is 5.97 Å². The monoisotopic (exact) mass is 219 g/mol. The van der Waals surface area contributed by atoms with Crippen molar-refractivity contribution in [2.75, 3.05) is 7.11 Å². The molecule has 0 amide bonds. The smallest absolute Gasteiger partial charge is 0.307 e. The zero-order valence-electron chi connectivity index (χ0n) is 9.43. The minimum absolute atomic E-state index is 0.174. The second-order valence-electron chi connectivity index (χ2n) is 3.59. The first kappa shape index (κ1) is 12.5. The van der Waals surface area contributed by atoms with Crippen molar-refractivity contribution in [2.24, 2.45) is 5.73 Å². The van der Waals surface area contributed by atoms with Crippen LogP contribution in [0.1, 0.15) is 18.4 Å². The van der Waals surface area contributed by atoms with Gasteiger partial charge < -0.3 is 10.5 Å². The number of hydrogen-bond donors (Lipinski definition) is 1. The van der Waals surface area contributed by atoms with Crippen LogP contribution >= 0.6 is 0 Å². The number of rotatable bonds is 5. The molecule has 0 heterocycles. The Hall–Kier alpha value is -1.61. The Balaban J connectivity index is 2.34. The van der Waals surface area contributed by atoms with E-state index in [1.54, 1.807) is 0 Å². The molecule has 0 fully saturated rings. The normalized spacial score (nSPS) is 12.6. The molecule has 0 aliphatic heterocycles. The average molecular weight is 219 g/mol. The van der Waals surface area contributed by atoms with E-state index in [9.17, 15) is 4.79 Å². The van der Waals surface area contributed by atoms with Crippen LogP contribution in [0.3, 0.4) is 0 Å². The van der Waals surface area contributed by atoms with Gasteiger partial charge in [0.05, 0.1) is 13.5 Å². The number of benzene rings is 1. The first-order chi connectivity index (χ1) is 7.72. The maximum atomic E-state index is 10.9. The average Bonchev–Trinajstić information content (AvgIpc) is 2.30. The van der Waals surface area contributed by atoms with Crippen molar-refractivity contribution in [3.8, 4) is 0 Å². The number of nitrogens with two attached hydrogens (primary N) is 1. The molecule has 0 saturated heterocycles. The third-order valence-electron chi connectivity index (χ3n) is 2.21. The van der Waals surface area contributed by atoms with Crippen LogP contribution in [-0.4, -0.2) is 19.1 Å². The lowest BCUT2D eigenvalue weighted by Gasteiger charge is -2.06. The Labute approximate surface area is 95.9 Å². The lowest BCUT2D eigenvalue weighted by molar-refractivity contribution is -0.140. The van der Waals surface area contributed by atoms with Gasteiger partial charge in [-0.3, -0.25) is 4.79 Å². The fourth-order valence-electron chi connectivity index (χ4n) is 1.32. The van der Waals surface area contributed by atoms with Crippen molar-refractivity contribution in [1.29, 1.82) is 0 Å². The lowest BCUT2D eigenvalue weighted by Crippen LogP contribution is -2.23. The number of hydrogen-bond acceptors (Lipinski definition) is 3. The summed E-state index contributed by atoms with van der Waals surface area (Å²) < 4.78 is 4.54. The molecule has 0 spiro atoms. The Bertz CT molecular complexity index is 346. The van der Waals surface area contributed by atoms with E-state index in [1.165, 1.54) is 7.11 Å². The number of methoxy groups -OCH3 is 1. The molecule has 1 aromatic carbocycles. The zero-order chi connectivity index (χ0) is 11.8. The fraction of sp³-hybridized carbons (Fsp3) is 0.308. The summed E-state index contributed by atoms with van der Waals surface area (Å²) in [7, 11) is 1.37. The number of carbonyl (C=O) groups excluding carboxylic acids is 1.